The zero-order valence-electron chi connectivity index (χ0n) is 16.1. The Hall–Kier alpha value is 2.14. The van der Waals surface area contributed by atoms with Crippen molar-refractivity contribution in [2.45, 2.75) is 37.7 Å². The van der Waals surface area contributed by atoms with Crippen molar-refractivity contribution >= 4 is 15.2 Å². The molecule has 0 unspecified atom stereocenters. The Balaban J connectivity index is -0.000000108. The van der Waals surface area contributed by atoms with E-state index in [9.17, 15) is 14.2 Å². The number of nitrogens with zero attached hydrogens (tertiary/aromatic N) is 1. The normalized spacial score (nSPS) is 11.7. The fraction of sp³-hybridized carbons (Fsp3) is 1.00. The van der Waals surface area contributed by atoms with Gasteiger partial charge in [0.2, 0.25) is 0 Å². The summed E-state index contributed by atoms with van der Waals surface area (Å²) < 4.78 is 22.2. The molecule has 136 valence electrons. The number of rotatable bonds is 9. The van der Waals surface area contributed by atoms with E-state index in [1.165, 1.54) is 0 Å². The van der Waals surface area contributed by atoms with Crippen LogP contribution in [0.5, 0.6) is 0 Å². The van der Waals surface area contributed by atoms with E-state index in [-0.39, 0.29) is 79.5 Å². The molecular formula is C9H29NNa2O9P2. The summed E-state index contributed by atoms with van der Waals surface area (Å²) in [6.45, 7) is 2.64. The summed E-state index contributed by atoms with van der Waals surface area (Å²) in [5.41, 5.74) is 0. The van der Waals surface area contributed by atoms with Gasteiger partial charge in [-0.1, -0.05) is 19.8 Å². The molecular weight excluding hydrogens is 374 g/mol. The van der Waals surface area contributed by atoms with Crippen molar-refractivity contribution in [1.82, 2.24) is 4.90 Å². The van der Waals surface area contributed by atoms with Gasteiger partial charge in [0.1, 0.15) is 0 Å². The van der Waals surface area contributed by atoms with E-state index in [2.05, 4.69) is 0 Å². The minimum Gasteiger partial charge on any atom is -1.00 e. The minimum atomic E-state index is -5.33. The quantitative estimate of drug-likeness (QED) is 0.142. The standard InChI is InChI=1S/C9H23NO7P2.2Na.2H2O.2H/c1-3-4-5-7-10(2)8-6-9(11,18(12,13)14)19(15,16)17;;;;;;/h11H,3-8H2,1-2H3,(H2,12,13,14)(H2,15,16,17);;;2*1H2;;/q;2*+1;;;2*-1. The van der Waals surface area contributed by atoms with Crippen LogP contribution in [-0.2, 0) is 9.13 Å². The molecule has 0 atom stereocenters. The van der Waals surface area contributed by atoms with Crippen molar-refractivity contribution in [3.8, 4) is 0 Å². The zero-order chi connectivity index (χ0) is 15.3. The molecule has 0 saturated carbocycles. The summed E-state index contributed by atoms with van der Waals surface area (Å²) >= 11 is 0. The third-order valence-corrected chi connectivity index (χ3v) is 6.78. The van der Waals surface area contributed by atoms with Gasteiger partial charge >= 0.3 is 74.3 Å². The number of unbranched alkanes of at least 4 members (excludes halogenated alkanes) is 2. The molecule has 0 aromatic heterocycles. The number of aliphatic hydroxyl groups is 1. The first-order chi connectivity index (χ1) is 8.45. The fourth-order valence-electron chi connectivity index (χ4n) is 1.55. The van der Waals surface area contributed by atoms with Crippen LogP contribution in [-0.4, -0.2) is 65.8 Å². The molecule has 23 heavy (non-hydrogen) atoms. The molecule has 10 nitrogen and oxygen atoms in total. The van der Waals surface area contributed by atoms with Gasteiger partial charge in [-0.15, -0.1) is 0 Å². The molecule has 14 heteroatoms. The van der Waals surface area contributed by atoms with E-state index >= 15 is 0 Å². The summed E-state index contributed by atoms with van der Waals surface area (Å²) in [5, 5.41) is 6.35. The largest absolute Gasteiger partial charge is 1.00 e. The van der Waals surface area contributed by atoms with E-state index in [0.717, 1.165) is 19.3 Å². The topological polar surface area (TPSA) is 202 Å². The molecule has 0 aliphatic carbocycles. The van der Waals surface area contributed by atoms with Crippen LogP contribution in [0.15, 0.2) is 0 Å². The van der Waals surface area contributed by atoms with Crippen LogP contribution < -0.4 is 59.1 Å². The maximum atomic E-state index is 11.1. The van der Waals surface area contributed by atoms with Crippen molar-refractivity contribution in [3.63, 3.8) is 0 Å². The predicted octanol–water partition coefficient (Wildman–Crippen LogP) is -6.92. The molecule has 0 radical (unpaired) electrons. The first kappa shape index (κ1) is 36.1. The van der Waals surface area contributed by atoms with Crippen molar-refractivity contribution in [3.05, 3.63) is 0 Å². The Labute approximate surface area is 183 Å². The predicted molar refractivity (Wildman–Crippen MR) is 80.1 cm³/mol. The molecule has 0 amide bonds. The molecule has 0 aromatic rings. The van der Waals surface area contributed by atoms with Gasteiger partial charge in [0.15, 0.2) is 0 Å². The molecule has 0 aliphatic rings. The molecule has 0 aliphatic heterocycles. The Kier molecular flexibility index (Phi) is 23.9. The molecule has 0 heterocycles. The van der Waals surface area contributed by atoms with Gasteiger partial charge in [-0.25, -0.2) is 0 Å². The van der Waals surface area contributed by atoms with Crippen molar-refractivity contribution in [1.29, 1.82) is 0 Å². The van der Waals surface area contributed by atoms with Gasteiger partial charge in [-0.2, -0.15) is 0 Å². The molecule has 0 saturated heterocycles. The number of hydrogen-bond acceptors (Lipinski definition) is 4. The van der Waals surface area contributed by atoms with Crippen molar-refractivity contribution in [2.24, 2.45) is 0 Å². The number of hydrogen-bond donors (Lipinski definition) is 5. The first-order valence-corrected chi connectivity index (χ1v) is 9.20. The van der Waals surface area contributed by atoms with Gasteiger partial charge in [0.25, 0.3) is 5.08 Å². The summed E-state index contributed by atoms with van der Waals surface area (Å²) in [6, 6.07) is 0. The fourth-order valence-corrected chi connectivity index (χ4v) is 3.69. The zero-order valence-corrected chi connectivity index (χ0v) is 19.9. The third-order valence-electron chi connectivity index (χ3n) is 2.91. The van der Waals surface area contributed by atoms with Crippen LogP contribution in [0, 0.1) is 0 Å². The van der Waals surface area contributed by atoms with E-state index in [0.29, 0.717) is 6.54 Å². The van der Waals surface area contributed by atoms with Gasteiger partial charge < -0.3 is 43.4 Å². The van der Waals surface area contributed by atoms with Crippen LogP contribution in [0.1, 0.15) is 35.5 Å². The molecule has 0 aromatic carbocycles. The van der Waals surface area contributed by atoms with E-state index in [1.807, 2.05) is 6.92 Å². The summed E-state index contributed by atoms with van der Waals surface area (Å²) in [7, 11) is -9.00. The smallest absolute Gasteiger partial charge is 1.00 e. The van der Waals surface area contributed by atoms with Crippen LogP contribution in [0.4, 0.5) is 0 Å². The molecule has 0 rings (SSSR count). The summed E-state index contributed by atoms with van der Waals surface area (Å²) in [4.78, 5) is 37.5. The molecule has 0 fully saturated rings. The van der Waals surface area contributed by atoms with E-state index in [4.69, 9.17) is 19.6 Å². The summed E-state index contributed by atoms with van der Waals surface area (Å²) in [5.74, 6) is 0. The van der Waals surface area contributed by atoms with Gasteiger partial charge in [0, 0.05) is 13.0 Å². The maximum absolute atomic E-state index is 11.1. The second-order valence-electron chi connectivity index (χ2n) is 4.62. The van der Waals surface area contributed by atoms with Crippen LogP contribution in [0.3, 0.4) is 0 Å². The monoisotopic (exact) mass is 403 g/mol. The SMILES string of the molecule is CCCCCN(C)CCC(O)(P(=O)(O)O)P(=O)(O)O.O.O.[H-].[H-].[Na+].[Na+]. The second kappa shape index (κ2) is 15.2. The maximum Gasteiger partial charge on any atom is 1.00 e. The van der Waals surface area contributed by atoms with Gasteiger partial charge in [-0.05, 0) is 20.0 Å². The Morgan fingerprint density at radius 3 is 1.65 bits per heavy atom. The Bertz CT molecular complexity index is 364. The average Bonchev–Trinajstić information content (AvgIpc) is 2.23. The van der Waals surface area contributed by atoms with Gasteiger partial charge in [-0.3, -0.25) is 9.13 Å². The first-order valence-electron chi connectivity index (χ1n) is 5.98. The Morgan fingerprint density at radius 2 is 1.35 bits per heavy atom. The average molecular weight is 403 g/mol. The molecule has 9 N–H and O–H groups in total. The van der Waals surface area contributed by atoms with E-state index < -0.39 is 26.7 Å². The van der Waals surface area contributed by atoms with Crippen LogP contribution >= 0.6 is 15.2 Å². The van der Waals surface area contributed by atoms with Crippen LogP contribution in [0.2, 0.25) is 0 Å². The van der Waals surface area contributed by atoms with Gasteiger partial charge in [0.05, 0.1) is 0 Å². The van der Waals surface area contributed by atoms with E-state index in [1.54, 1.807) is 11.9 Å². The van der Waals surface area contributed by atoms with Crippen molar-refractivity contribution < 1.29 is 107 Å². The Morgan fingerprint density at radius 1 is 0.957 bits per heavy atom. The van der Waals surface area contributed by atoms with Crippen LogP contribution in [0.25, 0.3) is 0 Å². The molecule has 0 spiro atoms. The molecule has 0 bridgehead atoms. The second-order valence-corrected chi connectivity index (χ2v) is 8.63. The minimum absolute atomic E-state index is 0. The van der Waals surface area contributed by atoms with Crippen molar-refractivity contribution in [2.75, 3.05) is 20.1 Å². The summed E-state index contributed by atoms with van der Waals surface area (Å²) in [6.07, 6.45) is 2.19. The third kappa shape index (κ3) is 12.2.